The normalized spacial score (nSPS) is 14.0. The minimum absolute atomic E-state index is 0.172. The van der Waals surface area contributed by atoms with Gasteiger partial charge in [-0.15, -0.1) is 11.3 Å². The van der Waals surface area contributed by atoms with Gasteiger partial charge in [0.1, 0.15) is 17.0 Å². The van der Waals surface area contributed by atoms with Crippen molar-refractivity contribution in [3.05, 3.63) is 47.0 Å². The van der Waals surface area contributed by atoms with Gasteiger partial charge in [0.15, 0.2) is 5.01 Å². The van der Waals surface area contributed by atoms with E-state index in [1.165, 1.54) is 11.3 Å². The summed E-state index contributed by atoms with van der Waals surface area (Å²) in [4.78, 5) is 19.6. The molecule has 1 aliphatic rings. The maximum Gasteiger partial charge on any atom is 0.280 e. The molecule has 0 unspecified atom stereocenters. The number of thiazole rings is 1. The number of amides is 1. The Morgan fingerprint density at radius 1 is 1.20 bits per heavy atom. The van der Waals surface area contributed by atoms with Crippen molar-refractivity contribution in [3.63, 3.8) is 0 Å². The zero-order valence-electron chi connectivity index (χ0n) is 17.1. The quantitative estimate of drug-likeness (QED) is 0.625. The van der Waals surface area contributed by atoms with Crippen LogP contribution in [0.15, 0.2) is 36.4 Å². The molecule has 2 heterocycles. The molecule has 1 saturated heterocycles. The molecule has 0 bridgehead atoms. The van der Waals surface area contributed by atoms with Gasteiger partial charge >= 0.3 is 0 Å². The lowest BCUT2D eigenvalue weighted by Crippen LogP contribution is -2.36. The van der Waals surface area contributed by atoms with Gasteiger partial charge in [-0.1, -0.05) is 12.1 Å². The van der Waals surface area contributed by atoms with E-state index >= 15 is 0 Å². The number of hydrogen-bond acceptors (Lipinski definition) is 7. The Kier molecular flexibility index (Phi) is 6.35. The average molecular weight is 428 g/mol. The van der Waals surface area contributed by atoms with Crippen LogP contribution in [0, 0.1) is 0 Å². The van der Waals surface area contributed by atoms with Crippen LogP contribution in [-0.4, -0.2) is 58.0 Å². The summed E-state index contributed by atoms with van der Waals surface area (Å²) < 4.78 is 17.2. The first-order valence-electron chi connectivity index (χ1n) is 9.91. The average Bonchev–Trinajstić information content (AvgIpc) is 3.25. The van der Waals surface area contributed by atoms with Gasteiger partial charge in [0, 0.05) is 19.6 Å². The van der Waals surface area contributed by atoms with E-state index in [4.69, 9.17) is 14.2 Å². The maximum absolute atomic E-state index is 12.8. The highest BCUT2D eigenvalue weighted by atomic mass is 32.1. The highest BCUT2D eigenvalue weighted by Crippen LogP contribution is 2.37. The number of aromatic nitrogens is 1. The lowest BCUT2D eigenvalue weighted by atomic mass is 10.1. The topological polar surface area (TPSA) is 72.9 Å². The van der Waals surface area contributed by atoms with E-state index in [-0.39, 0.29) is 5.91 Å². The first-order valence-corrected chi connectivity index (χ1v) is 10.7. The molecule has 3 aromatic rings. The minimum atomic E-state index is -0.172. The largest absolute Gasteiger partial charge is 0.497 e. The van der Waals surface area contributed by atoms with Gasteiger partial charge in [-0.2, -0.15) is 0 Å². The molecule has 7 nitrogen and oxygen atoms in total. The van der Waals surface area contributed by atoms with E-state index < -0.39 is 0 Å². The molecular formula is C22H25N3O4S. The number of anilines is 1. The highest BCUT2D eigenvalue weighted by molar-refractivity contribution is 7.21. The fourth-order valence-electron chi connectivity index (χ4n) is 3.51. The van der Waals surface area contributed by atoms with Crippen LogP contribution in [0.25, 0.3) is 10.2 Å². The number of ether oxygens (including phenoxy) is 3. The van der Waals surface area contributed by atoms with E-state index in [1.807, 2.05) is 36.4 Å². The lowest BCUT2D eigenvalue weighted by Gasteiger charge is -2.29. The minimum Gasteiger partial charge on any atom is -0.497 e. The van der Waals surface area contributed by atoms with E-state index in [2.05, 4.69) is 15.2 Å². The molecule has 2 aromatic carbocycles. The lowest BCUT2D eigenvalue weighted by molar-refractivity contribution is 0.0954. The van der Waals surface area contributed by atoms with Crippen molar-refractivity contribution < 1.29 is 19.0 Å². The van der Waals surface area contributed by atoms with Crippen molar-refractivity contribution in [2.24, 2.45) is 0 Å². The summed E-state index contributed by atoms with van der Waals surface area (Å²) in [6, 6.07) is 11.8. The van der Waals surface area contributed by atoms with Crippen LogP contribution in [0.2, 0.25) is 0 Å². The molecule has 1 N–H and O–H groups in total. The molecule has 0 radical (unpaired) electrons. The van der Waals surface area contributed by atoms with Gasteiger partial charge < -0.3 is 24.4 Å². The number of fused-ring (bicyclic) bond motifs is 1. The molecule has 8 heteroatoms. The predicted octanol–water partition coefficient (Wildman–Crippen LogP) is 3.12. The first kappa shape index (κ1) is 20.4. The fraction of sp³-hybridized carbons (Fsp3) is 0.364. The molecule has 1 aliphatic heterocycles. The molecule has 30 heavy (non-hydrogen) atoms. The van der Waals surface area contributed by atoms with Gasteiger partial charge in [-0.25, -0.2) is 4.98 Å². The number of benzene rings is 2. The van der Waals surface area contributed by atoms with Crippen LogP contribution < -0.4 is 19.7 Å². The van der Waals surface area contributed by atoms with E-state index in [0.717, 1.165) is 46.7 Å². The number of carbonyl (C=O) groups excluding carboxylic acids is 1. The Bertz CT molecular complexity index is 1030. The number of nitrogens with one attached hydrogen (secondary N) is 1. The predicted molar refractivity (Wildman–Crippen MR) is 118 cm³/mol. The van der Waals surface area contributed by atoms with Crippen molar-refractivity contribution in [1.29, 1.82) is 0 Å². The summed E-state index contributed by atoms with van der Waals surface area (Å²) in [6.07, 6.45) is 0.718. The summed E-state index contributed by atoms with van der Waals surface area (Å²) in [7, 11) is 3.27. The third kappa shape index (κ3) is 4.34. The molecular weight excluding hydrogens is 402 g/mol. The van der Waals surface area contributed by atoms with Crippen molar-refractivity contribution in [2.45, 2.75) is 6.42 Å². The summed E-state index contributed by atoms with van der Waals surface area (Å²) in [6.45, 7) is 3.56. The summed E-state index contributed by atoms with van der Waals surface area (Å²) in [5, 5.41) is 3.42. The molecule has 1 amide bonds. The summed E-state index contributed by atoms with van der Waals surface area (Å²) in [5.74, 6) is 1.32. The van der Waals surface area contributed by atoms with Gasteiger partial charge in [0.2, 0.25) is 0 Å². The zero-order valence-corrected chi connectivity index (χ0v) is 18.0. The highest BCUT2D eigenvalue weighted by Gasteiger charge is 2.21. The van der Waals surface area contributed by atoms with Crippen LogP contribution >= 0.6 is 11.3 Å². The Morgan fingerprint density at radius 2 is 2.03 bits per heavy atom. The van der Waals surface area contributed by atoms with Crippen LogP contribution in [0.1, 0.15) is 15.4 Å². The second kappa shape index (κ2) is 9.32. The SMILES string of the molecule is COc1cccc(CCNC(=O)c2nc3c(OC)ccc(N4CCOCC4)c3s2)c1. The standard InChI is InChI=1S/C22H25N3O4S/c1-27-16-5-3-4-15(14-16)8-9-23-21(26)22-24-19-18(28-2)7-6-17(20(19)30-22)25-10-12-29-13-11-25/h3-7,14H,8-13H2,1-2H3,(H,23,26). The number of methoxy groups -OCH3 is 2. The van der Waals surface area contributed by atoms with Crippen molar-refractivity contribution in [1.82, 2.24) is 10.3 Å². The van der Waals surface area contributed by atoms with Crippen LogP contribution in [0.3, 0.4) is 0 Å². The van der Waals surface area contributed by atoms with Crippen LogP contribution in [-0.2, 0) is 11.2 Å². The molecule has 0 aliphatic carbocycles. The Morgan fingerprint density at radius 3 is 2.80 bits per heavy atom. The molecule has 1 aromatic heterocycles. The third-order valence-corrected chi connectivity index (χ3v) is 6.16. The van der Waals surface area contributed by atoms with Crippen molar-refractivity contribution in [3.8, 4) is 11.5 Å². The fourth-order valence-corrected chi connectivity index (χ4v) is 4.55. The summed E-state index contributed by atoms with van der Waals surface area (Å²) >= 11 is 1.40. The number of morpholine rings is 1. The van der Waals surface area contributed by atoms with Crippen LogP contribution in [0.4, 0.5) is 5.69 Å². The molecule has 4 rings (SSSR count). The molecule has 0 saturated carbocycles. The molecule has 158 valence electrons. The van der Waals surface area contributed by atoms with Gasteiger partial charge in [-0.05, 0) is 36.2 Å². The molecule has 0 atom stereocenters. The monoisotopic (exact) mass is 427 g/mol. The molecule has 1 fully saturated rings. The first-order chi connectivity index (χ1) is 14.7. The third-order valence-electron chi connectivity index (χ3n) is 5.09. The van der Waals surface area contributed by atoms with E-state index in [9.17, 15) is 4.79 Å². The van der Waals surface area contributed by atoms with Gasteiger partial charge in [-0.3, -0.25) is 4.79 Å². The van der Waals surface area contributed by atoms with E-state index in [0.29, 0.717) is 30.5 Å². The smallest absolute Gasteiger partial charge is 0.280 e. The summed E-state index contributed by atoms with van der Waals surface area (Å²) in [5.41, 5.74) is 2.90. The Hall–Kier alpha value is -2.84. The Labute approximate surface area is 179 Å². The maximum atomic E-state index is 12.8. The van der Waals surface area contributed by atoms with Crippen LogP contribution in [0.5, 0.6) is 11.5 Å². The van der Waals surface area contributed by atoms with Gasteiger partial charge in [0.05, 0.1) is 37.8 Å². The Balaban J connectivity index is 1.50. The second-order valence-corrected chi connectivity index (χ2v) is 7.94. The van der Waals surface area contributed by atoms with Gasteiger partial charge in [0.25, 0.3) is 5.91 Å². The number of rotatable bonds is 7. The van der Waals surface area contributed by atoms with Crippen molar-refractivity contribution in [2.75, 3.05) is 52.0 Å². The van der Waals surface area contributed by atoms with Crippen molar-refractivity contribution >= 4 is 33.1 Å². The zero-order chi connectivity index (χ0) is 20.9. The molecule has 0 spiro atoms. The number of hydrogen-bond donors (Lipinski definition) is 1. The van der Waals surface area contributed by atoms with E-state index in [1.54, 1.807) is 14.2 Å². The number of carbonyl (C=O) groups is 1. The second-order valence-electron chi connectivity index (χ2n) is 6.94. The number of nitrogens with zero attached hydrogens (tertiary/aromatic N) is 2.